The number of carbonyl (C=O) groups is 1. The molecule has 0 spiro atoms. The van der Waals surface area contributed by atoms with Crippen LogP contribution in [0.4, 0.5) is 4.39 Å². The van der Waals surface area contributed by atoms with E-state index in [1.807, 2.05) is 19.4 Å². The van der Waals surface area contributed by atoms with Gasteiger partial charge in [0.25, 0.3) is 0 Å². The molecule has 3 rings (SSSR count). The molecule has 0 radical (unpaired) electrons. The van der Waals surface area contributed by atoms with E-state index in [0.29, 0.717) is 13.2 Å². The molecule has 7 heteroatoms. The van der Waals surface area contributed by atoms with E-state index in [9.17, 15) is 9.18 Å². The second-order valence-electron chi connectivity index (χ2n) is 6.39. The normalized spacial score (nSPS) is 21.2. The number of carbonyl (C=O) groups excluding carboxylic acids is 1. The Kier molecular flexibility index (Phi) is 5.45. The standard InChI is InChI=1S/C18H23FN4O2/c1-23-10-13(7-21-23)15-8-20-9-16(15)18(24)22-17(11-25-2)12-3-5-14(19)6-4-12/h3-7,10,15-17,20H,8-9,11H2,1-2H3,(H,22,24)/t15-,16+,17?/m1/s1. The third-order valence-electron chi connectivity index (χ3n) is 4.63. The number of rotatable bonds is 6. The first-order chi connectivity index (χ1) is 12.1. The van der Waals surface area contributed by atoms with E-state index >= 15 is 0 Å². The summed E-state index contributed by atoms with van der Waals surface area (Å²) in [7, 11) is 3.45. The van der Waals surface area contributed by atoms with Gasteiger partial charge in [-0.25, -0.2) is 4.39 Å². The smallest absolute Gasteiger partial charge is 0.225 e. The molecule has 1 amide bonds. The van der Waals surface area contributed by atoms with Gasteiger partial charge in [0.05, 0.1) is 24.8 Å². The predicted molar refractivity (Wildman–Crippen MR) is 91.5 cm³/mol. The minimum absolute atomic E-state index is 0.0368. The van der Waals surface area contributed by atoms with Crippen molar-refractivity contribution in [2.45, 2.75) is 12.0 Å². The number of nitrogens with one attached hydrogen (secondary N) is 2. The fourth-order valence-electron chi connectivity index (χ4n) is 3.30. The Labute approximate surface area is 146 Å². The number of aromatic nitrogens is 2. The Balaban J connectivity index is 1.73. The maximum absolute atomic E-state index is 13.2. The van der Waals surface area contributed by atoms with Crippen LogP contribution < -0.4 is 10.6 Å². The van der Waals surface area contributed by atoms with E-state index in [4.69, 9.17) is 4.74 Å². The second kappa shape index (κ2) is 7.76. The largest absolute Gasteiger partial charge is 0.382 e. The van der Waals surface area contributed by atoms with Gasteiger partial charge in [-0.15, -0.1) is 0 Å². The van der Waals surface area contributed by atoms with E-state index in [2.05, 4.69) is 15.7 Å². The number of hydrogen-bond donors (Lipinski definition) is 2. The molecule has 1 fully saturated rings. The summed E-state index contributed by atoms with van der Waals surface area (Å²) in [6, 6.07) is 5.81. The summed E-state index contributed by atoms with van der Waals surface area (Å²) >= 11 is 0. The summed E-state index contributed by atoms with van der Waals surface area (Å²) in [5.74, 6) is -0.428. The summed E-state index contributed by atoms with van der Waals surface area (Å²) in [6.07, 6.45) is 3.76. The molecule has 3 atom stereocenters. The third kappa shape index (κ3) is 4.05. The molecule has 1 aromatic heterocycles. The van der Waals surface area contributed by atoms with Gasteiger partial charge in [0.2, 0.25) is 5.91 Å². The summed E-state index contributed by atoms with van der Waals surface area (Å²) in [5.41, 5.74) is 1.87. The van der Waals surface area contributed by atoms with Gasteiger partial charge in [-0.05, 0) is 23.3 Å². The molecule has 0 saturated carbocycles. The van der Waals surface area contributed by atoms with Crippen molar-refractivity contribution in [1.82, 2.24) is 20.4 Å². The molecule has 2 heterocycles. The number of halogens is 1. The van der Waals surface area contributed by atoms with Crippen LogP contribution in [0.2, 0.25) is 0 Å². The fraction of sp³-hybridized carbons (Fsp3) is 0.444. The first kappa shape index (κ1) is 17.6. The van der Waals surface area contributed by atoms with Gasteiger partial charge in [-0.1, -0.05) is 12.1 Å². The molecular weight excluding hydrogens is 323 g/mol. The summed E-state index contributed by atoms with van der Waals surface area (Å²) in [5, 5.41) is 10.5. The maximum atomic E-state index is 13.2. The Morgan fingerprint density at radius 3 is 2.84 bits per heavy atom. The molecule has 2 aromatic rings. The molecular formula is C18H23FN4O2. The van der Waals surface area contributed by atoms with Crippen LogP contribution in [0.1, 0.15) is 23.1 Å². The molecule has 6 nitrogen and oxygen atoms in total. The average molecular weight is 346 g/mol. The van der Waals surface area contributed by atoms with Crippen molar-refractivity contribution in [2.24, 2.45) is 13.0 Å². The molecule has 2 N–H and O–H groups in total. The molecule has 0 aliphatic carbocycles. The van der Waals surface area contributed by atoms with Gasteiger partial charge in [0.1, 0.15) is 5.82 Å². The number of methoxy groups -OCH3 is 1. The van der Waals surface area contributed by atoms with Gasteiger partial charge in [0.15, 0.2) is 0 Å². The second-order valence-corrected chi connectivity index (χ2v) is 6.39. The lowest BCUT2D eigenvalue weighted by atomic mass is 9.90. The van der Waals surface area contributed by atoms with Crippen LogP contribution in [0.15, 0.2) is 36.7 Å². The molecule has 1 unspecified atom stereocenters. The number of benzene rings is 1. The number of nitrogens with zero attached hydrogens (tertiary/aromatic N) is 2. The zero-order valence-corrected chi connectivity index (χ0v) is 14.4. The highest BCUT2D eigenvalue weighted by Crippen LogP contribution is 2.28. The van der Waals surface area contributed by atoms with Crippen LogP contribution in [0.5, 0.6) is 0 Å². The van der Waals surface area contributed by atoms with Crippen molar-refractivity contribution in [3.8, 4) is 0 Å². The summed E-state index contributed by atoms with van der Waals surface area (Å²) in [6.45, 7) is 1.69. The van der Waals surface area contributed by atoms with Crippen molar-refractivity contribution in [3.05, 3.63) is 53.6 Å². The molecule has 1 aliphatic rings. The molecule has 1 saturated heterocycles. The Morgan fingerprint density at radius 1 is 1.44 bits per heavy atom. The topological polar surface area (TPSA) is 68.2 Å². The van der Waals surface area contributed by atoms with Gasteiger partial charge >= 0.3 is 0 Å². The molecule has 134 valence electrons. The van der Waals surface area contributed by atoms with E-state index in [0.717, 1.165) is 17.7 Å². The maximum Gasteiger partial charge on any atom is 0.225 e. The van der Waals surface area contributed by atoms with Gasteiger partial charge < -0.3 is 15.4 Å². The van der Waals surface area contributed by atoms with Crippen LogP contribution in [0, 0.1) is 11.7 Å². The van der Waals surface area contributed by atoms with Crippen LogP contribution >= 0.6 is 0 Å². The molecule has 0 bridgehead atoms. The average Bonchev–Trinajstić information content (AvgIpc) is 3.23. The summed E-state index contributed by atoms with van der Waals surface area (Å²) < 4.78 is 20.1. The van der Waals surface area contributed by atoms with Crippen molar-refractivity contribution >= 4 is 5.91 Å². The van der Waals surface area contributed by atoms with Crippen LogP contribution in [-0.4, -0.2) is 42.5 Å². The fourth-order valence-corrected chi connectivity index (χ4v) is 3.30. The zero-order chi connectivity index (χ0) is 17.8. The lowest BCUT2D eigenvalue weighted by molar-refractivity contribution is -0.126. The van der Waals surface area contributed by atoms with E-state index in [1.54, 1.807) is 23.9 Å². The highest BCUT2D eigenvalue weighted by Gasteiger charge is 2.35. The predicted octanol–water partition coefficient (Wildman–Crippen LogP) is 1.37. The Bertz CT molecular complexity index is 716. The zero-order valence-electron chi connectivity index (χ0n) is 14.4. The lowest BCUT2D eigenvalue weighted by Crippen LogP contribution is -2.38. The highest BCUT2D eigenvalue weighted by molar-refractivity contribution is 5.81. The molecule has 1 aromatic carbocycles. The number of ether oxygens (including phenoxy) is 1. The number of amides is 1. The summed E-state index contributed by atoms with van der Waals surface area (Å²) in [4.78, 5) is 12.9. The SMILES string of the molecule is COCC(NC(=O)[C@H]1CNC[C@@H]1c1cnn(C)c1)c1ccc(F)cc1. The van der Waals surface area contributed by atoms with E-state index < -0.39 is 0 Å². The number of hydrogen-bond acceptors (Lipinski definition) is 4. The Hall–Kier alpha value is -2.25. The molecule has 25 heavy (non-hydrogen) atoms. The van der Waals surface area contributed by atoms with Crippen molar-refractivity contribution in [1.29, 1.82) is 0 Å². The highest BCUT2D eigenvalue weighted by atomic mass is 19.1. The quantitative estimate of drug-likeness (QED) is 0.829. The first-order valence-electron chi connectivity index (χ1n) is 8.32. The lowest BCUT2D eigenvalue weighted by Gasteiger charge is -2.23. The van der Waals surface area contributed by atoms with Crippen molar-refractivity contribution in [3.63, 3.8) is 0 Å². The van der Waals surface area contributed by atoms with Crippen LogP contribution in [-0.2, 0) is 16.6 Å². The monoisotopic (exact) mass is 346 g/mol. The van der Waals surface area contributed by atoms with Gasteiger partial charge in [0, 0.05) is 39.4 Å². The minimum Gasteiger partial charge on any atom is -0.382 e. The number of aryl methyl sites for hydroxylation is 1. The Morgan fingerprint density at radius 2 is 2.20 bits per heavy atom. The first-order valence-corrected chi connectivity index (χ1v) is 8.32. The van der Waals surface area contributed by atoms with Crippen molar-refractivity contribution in [2.75, 3.05) is 26.8 Å². The van der Waals surface area contributed by atoms with Crippen LogP contribution in [0.3, 0.4) is 0 Å². The minimum atomic E-state index is -0.312. The van der Waals surface area contributed by atoms with Gasteiger partial charge in [-0.2, -0.15) is 5.10 Å². The van der Waals surface area contributed by atoms with E-state index in [1.165, 1.54) is 12.1 Å². The van der Waals surface area contributed by atoms with E-state index in [-0.39, 0.29) is 29.6 Å². The third-order valence-corrected chi connectivity index (χ3v) is 4.63. The van der Waals surface area contributed by atoms with Crippen molar-refractivity contribution < 1.29 is 13.9 Å². The van der Waals surface area contributed by atoms with Crippen LogP contribution in [0.25, 0.3) is 0 Å². The van der Waals surface area contributed by atoms with Gasteiger partial charge in [-0.3, -0.25) is 9.48 Å². The molecule has 1 aliphatic heterocycles.